The highest BCUT2D eigenvalue weighted by Gasteiger charge is 1.97. The van der Waals surface area contributed by atoms with E-state index in [4.69, 9.17) is 5.11 Å². The first-order valence-electron chi connectivity index (χ1n) is 3.29. The molecule has 0 amide bonds. The quantitative estimate of drug-likeness (QED) is 0.618. The fourth-order valence-corrected chi connectivity index (χ4v) is 0.959. The van der Waals surface area contributed by atoms with Gasteiger partial charge in [0, 0.05) is 6.20 Å². The molecule has 56 valence electrons. The van der Waals surface area contributed by atoms with Gasteiger partial charge in [-0.3, -0.25) is 0 Å². The summed E-state index contributed by atoms with van der Waals surface area (Å²) in [7, 11) is 0. The average Bonchev–Trinajstić information content (AvgIpc) is 2.50. The van der Waals surface area contributed by atoms with Crippen LogP contribution in [0.2, 0.25) is 0 Å². The zero-order chi connectivity index (χ0) is 7.68. The van der Waals surface area contributed by atoms with E-state index in [2.05, 4.69) is 15.0 Å². The minimum atomic E-state index is 0.0158. The van der Waals surface area contributed by atoms with Gasteiger partial charge in [0.05, 0.1) is 18.5 Å². The molecule has 0 aromatic carbocycles. The SMILES string of the molecule is OCc1cnc2nc[nH]c2c1. The molecule has 2 rings (SSSR count). The summed E-state index contributed by atoms with van der Waals surface area (Å²) in [5.41, 5.74) is 2.33. The van der Waals surface area contributed by atoms with Gasteiger partial charge in [0.15, 0.2) is 5.65 Å². The smallest absolute Gasteiger partial charge is 0.177 e. The van der Waals surface area contributed by atoms with Crippen LogP contribution in [0.5, 0.6) is 0 Å². The first-order chi connectivity index (χ1) is 5.40. The second-order valence-electron chi connectivity index (χ2n) is 2.28. The normalized spacial score (nSPS) is 10.6. The number of aliphatic hydroxyl groups excluding tert-OH is 1. The number of aromatic amines is 1. The third kappa shape index (κ3) is 0.969. The third-order valence-corrected chi connectivity index (χ3v) is 1.51. The van der Waals surface area contributed by atoms with E-state index in [0.29, 0.717) is 5.65 Å². The van der Waals surface area contributed by atoms with Gasteiger partial charge in [-0.2, -0.15) is 0 Å². The molecule has 11 heavy (non-hydrogen) atoms. The Morgan fingerprint density at radius 3 is 3.18 bits per heavy atom. The lowest BCUT2D eigenvalue weighted by Crippen LogP contribution is -1.85. The van der Waals surface area contributed by atoms with E-state index >= 15 is 0 Å². The number of pyridine rings is 1. The highest BCUT2D eigenvalue weighted by molar-refractivity contribution is 5.69. The van der Waals surface area contributed by atoms with E-state index in [1.165, 1.54) is 0 Å². The summed E-state index contributed by atoms with van der Waals surface area (Å²) in [6.45, 7) is 0.0158. The summed E-state index contributed by atoms with van der Waals surface area (Å²) in [6.07, 6.45) is 3.20. The largest absolute Gasteiger partial charge is 0.392 e. The number of imidazole rings is 1. The molecule has 0 spiro atoms. The van der Waals surface area contributed by atoms with Gasteiger partial charge in [-0.1, -0.05) is 0 Å². The summed E-state index contributed by atoms with van der Waals surface area (Å²) < 4.78 is 0. The van der Waals surface area contributed by atoms with Crippen molar-refractivity contribution in [1.82, 2.24) is 15.0 Å². The number of rotatable bonds is 1. The van der Waals surface area contributed by atoms with E-state index in [0.717, 1.165) is 11.1 Å². The van der Waals surface area contributed by atoms with Crippen LogP contribution in [0.25, 0.3) is 11.2 Å². The van der Waals surface area contributed by atoms with Gasteiger partial charge in [0.1, 0.15) is 0 Å². The van der Waals surface area contributed by atoms with Crippen LogP contribution in [-0.2, 0) is 6.61 Å². The number of fused-ring (bicyclic) bond motifs is 1. The van der Waals surface area contributed by atoms with Crippen LogP contribution in [0.15, 0.2) is 18.6 Å². The molecule has 2 heterocycles. The monoisotopic (exact) mass is 149 g/mol. The molecule has 0 aliphatic carbocycles. The van der Waals surface area contributed by atoms with Crippen molar-refractivity contribution in [1.29, 1.82) is 0 Å². The summed E-state index contributed by atoms with van der Waals surface area (Å²) in [4.78, 5) is 10.9. The summed E-state index contributed by atoms with van der Waals surface area (Å²) in [5, 5.41) is 8.76. The van der Waals surface area contributed by atoms with E-state index in [9.17, 15) is 0 Å². The van der Waals surface area contributed by atoms with Gasteiger partial charge in [0.2, 0.25) is 0 Å². The fourth-order valence-electron chi connectivity index (χ4n) is 0.959. The molecule has 0 atom stereocenters. The van der Waals surface area contributed by atoms with Crippen LogP contribution in [-0.4, -0.2) is 20.1 Å². The lowest BCUT2D eigenvalue weighted by Gasteiger charge is -1.92. The maximum Gasteiger partial charge on any atom is 0.177 e. The number of nitrogens with zero attached hydrogens (tertiary/aromatic N) is 2. The van der Waals surface area contributed by atoms with Gasteiger partial charge in [-0.15, -0.1) is 0 Å². The highest BCUT2D eigenvalue weighted by atomic mass is 16.3. The second kappa shape index (κ2) is 2.32. The molecule has 2 aromatic heterocycles. The molecule has 0 saturated carbocycles. The zero-order valence-corrected chi connectivity index (χ0v) is 5.78. The van der Waals surface area contributed by atoms with Crippen molar-refractivity contribution in [2.75, 3.05) is 0 Å². The Kier molecular flexibility index (Phi) is 1.33. The Bertz CT molecular complexity index is 368. The molecule has 0 bridgehead atoms. The molecule has 0 aliphatic rings. The number of hydrogen-bond acceptors (Lipinski definition) is 3. The Labute approximate surface area is 62.9 Å². The van der Waals surface area contributed by atoms with Gasteiger partial charge < -0.3 is 10.1 Å². The Balaban J connectivity index is 2.67. The molecule has 2 aromatic rings. The first kappa shape index (κ1) is 6.30. The Morgan fingerprint density at radius 2 is 2.36 bits per heavy atom. The Hall–Kier alpha value is -1.42. The van der Waals surface area contributed by atoms with E-state index in [1.54, 1.807) is 12.5 Å². The van der Waals surface area contributed by atoms with Crippen molar-refractivity contribution in [2.45, 2.75) is 6.61 Å². The second-order valence-corrected chi connectivity index (χ2v) is 2.28. The van der Waals surface area contributed by atoms with Crippen molar-refractivity contribution in [2.24, 2.45) is 0 Å². The minimum absolute atomic E-state index is 0.0158. The highest BCUT2D eigenvalue weighted by Crippen LogP contribution is 2.07. The van der Waals surface area contributed by atoms with Crippen molar-refractivity contribution in [3.05, 3.63) is 24.2 Å². The van der Waals surface area contributed by atoms with Crippen LogP contribution in [0.4, 0.5) is 0 Å². The molecule has 4 nitrogen and oxygen atoms in total. The number of nitrogens with one attached hydrogen (secondary N) is 1. The minimum Gasteiger partial charge on any atom is -0.392 e. The number of H-pyrrole nitrogens is 1. The van der Waals surface area contributed by atoms with E-state index < -0.39 is 0 Å². The van der Waals surface area contributed by atoms with Crippen LogP contribution in [0, 0.1) is 0 Å². The number of hydrogen-bond donors (Lipinski definition) is 2. The molecule has 0 unspecified atom stereocenters. The molecular weight excluding hydrogens is 142 g/mol. The van der Waals surface area contributed by atoms with Crippen LogP contribution >= 0.6 is 0 Å². The van der Waals surface area contributed by atoms with Crippen molar-refractivity contribution in [3.8, 4) is 0 Å². The molecular formula is C7H7N3O. The van der Waals surface area contributed by atoms with Crippen LogP contribution in [0.1, 0.15) is 5.56 Å². The lowest BCUT2D eigenvalue weighted by molar-refractivity contribution is 0.281. The first-order valence-corrected chi connectivity index (χ1v) is 3.29. The number of aliphatic hydroxyl groups is 1. The average molecular weight is 149 g/mol. The van der Waals surface area contributed by atoms with Crippen molar-refractivity contribution >= 4 is 11.2 Å². The zero-order valence-electron chi connectivity index (χ0n) is 5.78. The topological polar surface area (TPSA) is 61.8 Å². The number of aromatic nitrogens is 3. The van der Waals surface area contributed by atoms with Gasteiger partial charge in [0.25, 0.3) is 0 Å². The van der Waals surface area contributed by atoms with Gasteiger partial charge >= 0.3 is 0 Å². The molecule has 0 saturated heterocycles. The van der Waals surface area contributed by atoms with Crippen LogP contribution in [0.3, 0.4) is 0 Å². The standard InChI is InChI=1S/C7H7N3O/c11-3-5-1-6-7(8-2-5)10-4-9-6/h1-2,4,11H,3H2,(H,8,9,10). The summed E-state index contributed by atoms with van der Waals surface area (Å²) in [5.74, 6) is 0. The fraction of sp³-hybridized carbons (Fsp3) is 0.143. The molecule has 2 N–H and O–H groups in total. The Morgan fingerprint density at radius 1 is 1.45 bits per heavy atom. The van der Waals surface area contributed by atoms with Crippen molar-refractivity contribution < 1.29 is 5.11 Å². The molecule has 0 radical (unpaired) electrons. The van der Waals surface area contributed by atoms with E-state index in [-0.39, 0.29) is 6.61 Å². The van der Waals surface area contributed by atoms with Crippen molar-refractivity contribution in [3.63, 3.8) is 0 Å². The predicted octanol–water partition coefficient (Wildman–Crippen LogP) is 0.450. The maximum atomic E-state index is 8.76. The molecule has 0 aliphatic heterocycles. The molecule has 0 fully saturated rings. The molecule has 4 heteroatoms. The maximum absolute atomic E-state index is 8.76. The van der Waals surface area contributed by atoms with Gasteiger partial charge in [-0.25, -0.2) is 9.97 Å². The predicted molar refractivity (Wildman–Crippen MR) is 39.8 cm³/mol. The third-order valence-electron chi connectivity index (χ3n) is 1.51. The van der Waals surface area contributed by atoms with Gasteiger partial charge in [-0.05, 0) is 11.6 Å². The summed E-state index contributed by atoms with van der Waals surface area (Å²) >= 11 is 0. The summed E-state index contributed by atoms with van der Waals surface area (Å²) in [6, 6.07) is 1.83. The lowest BCUT2D eigenvalue weighted by atomic mass is 10.3. The van der Waals surface area contributed by atoms with Crippen LogP contribution < -0.4 is 0 Å². The van der Waals surface area contributed by atoms with E-state index in [1.807, 2.05) is 6.07 Å².